The highest BCUT2D eigenvalue weighted by Gasteiger charge is 2.13. The van der Waals surface area contributed by atoms with Crippen molar-refractivity contribution in [2.45, 2.75) is 13.8 Å². The van der Waals surface area contributed by atoms with Crippen molar-refractivity contribution in [2.75, 3.05) is 13.7 Å². The first kappa shape index (κ1) is 17.9. The number of ether oxygens (including phenoxy) is 2. The summed E-state index contributed by atoms with van der Waals surface area (Å²) in [6.07, 6.45) is 1.58. The van der Waals surface area contributed by atoms with E-state index < -0.39 is 5.97 Å². The van der Waals surface area contributed by atoms with Crippen molar-refractivity contribution < 1.29 is 19.4 Å². The molecule has 5 heteroatoms. The SMILES string of the molecule is CCOc1ccc(/C=C(\C(=O)O)c2ccc(C)c(Cl)c2)cc1OC. The zero-order valence-corrected chi connectivity index (χ0v) is 14.6. The number of carbonyl (C=O) groups is 1. The van der Waals surface area contributed by atoms with E-state index in [-0.39, 0.29) is 5.57 Å². The lowest BCUT2D eigenvalue weighted by Gasteiger charge is -2.10. The summed E-state index contributed by atoms with van der Waals surface area (Å²) in [7, 11) is 1.54. The predicted octanol–water partition coefficient (Wildman–Crippen LogP) is 4.68. The van der Waals surface area contributed by atoms with Crippen LogP contribution in [0.3, 0.4) is 0 Å². The second kappa shape index (κ2) is 7.88. The highest BCUT2D eigenvalue weighted by atomic mass is 35.5. The monoisotopic (exact) mass is 346 g/mol. The van der Waals surface area contributed by atoms with E-state index in [1.165, 1.54) is 0 Å². The molecule has 2 aromatic carbocycles. The van der Waals surface area contributed by atoms with Gasteiger partial charge in [0, 0.05) is 5.02 Å². The second-order valence-electron chi connectivity index (χ2n) is 5.17. The second-order valence-corrected chi connectivity index (χ2v) is 5.58. The Morgan fingerprint density at radius 3 is 2.54 bits per heavy atom. The Morgan fingerprint density at radius 1 is 1.21 bits per heavy atom. The van der Waals surface area contributed by atoms with Crippen molar-refractivity contribution in [3.8, 4) is 11.5 Å². The molecule has 24 heavy (non-hydrogen) atoms. The molecular weight excluding hydrogens is 328 g/mol. The lowest BCUT2D eigenvalue weighted by atomic mass is 10.0. The van der Waals surface area contributed by atoms with Gasteiger partial charge in [-0.3, -0.25) is 0 Å². The summed E-state index contributed by atoms with van der Waals surface area (Å²) in [6.45, 7) is 4.28. The Kier molecular flexibility index (Phi) is 5.88. The maximum Gasteiger partial charge on any atom is 0.336 e. The van der Waals surface area contributed by atoms with Crippen LogP contribution in [-0.2, 0) is 4.79 Å². The van der Waals surface area contributed by atoms with Gasteiger partial charge < -0.3 is 14.6 Å². The lowest BCUT2D eigenvalue weighted by Crippen LogP contribution is -2.00. The van der Waals surface area contributed by atoms with Crippen LogP contribution in [0.15, 0.2) is 36.4 Å². The normalized spacial score (nSPS) is 11.2. The van der Waals surface area contributed by atoms with Crippen LogP contribution in [0.2, 0.25) is 5.02 Å². The van der Waals surface area contributed by atoms with Gasteiger partial charge in [-0.25, -0.2) is 4.79 Å². The summed E-state index contributed by atoms with van der Waals surface area (Å²) in [5.41, 5.74) is 2.30. The van der Waals surface area contributed by atoms with E-state index in [1.54, 1.807) is 49.6 Å². The van der Waals surface area contributed by atoms with Crippen molar-refractivity contribution in [2.24, 2.45) is 0 Å². The van der Waals surface area contributed by atoms with Gasteiger partial charge in [-0.2, -0.15) is 0 Å². The third kappa shape index (κ3) is 4.09. The summed E-state index contributed by atoms with van der Waals surface area (Å²) >= 11 is 6.11. The Balaban J connectivity index is 2.47. The van der Waals surface area contributed by atoms with Gasteiger partial charge in [-0.05, 0) is 54.8 Å². The molecule has 0 amide bonds. The molecular formula is C19H19ClO4. The van der Waals surface area contributed by atoms with Crippen LogP contribution in [0.5, 0.6) is 11.5 Å². The van der Waals surface area contributed by atoms with E-state index in [1.807, 2.05) is 13.8 Å². The zero-order chi connectivity index (χ0) is 17.7. The maximum absolute atomic E-state index is 11.7. The first-order chi connectivity index (χ1) is 11.5. The molecule has 1 N–H and O–H groups in total. The fraction of sp³-hybridized carbons (Fsp3) is 0.211. The Bertz CT molecular complexity index is 781. The van der Waals surface area contributed by atoms with Gasteiger partial charge in [0.15, 0.2) is 11.5 Å². The van der Waals surface area contributed by atoms with E-state index in [0.717, 1.165) is 5.56 Å². The molecule has 0 radical (unpaired) electrons. The van der Waals surface area contributed by atoms with Crippen molar-refractivity contribution in [3.63, 3.8) is 0 Å². The van der Waals surface area contributed by atoms with Gasteiger partial charge in [-0.1, -0.05) is 29.8 Å². The number of carboxylic acid groups (broad SMARTS) is 1. The molecule has 0 aromatic heterocycles. The number of hydrogen-bond acceptors (Lipinski definition) is 3. The third-order valence-corrected chi connectivity index (χ3v) is 3.92. The molecule has 0 aliphatic rings. The van der Waals surface area contributed by atoms with Crippen molar-refractivity contribution in [3.05, 3.63) is 58.1 Å². The number of rotatable bonds is 6. The molecule has 0 saturated carbocycles. The fourth-order valence-electron chi connectivity index (χ4n) is 2.24. The van der Waals surface area contributed by atoms with E-state index in [0.29, 0.717) is 34.3 Å². The van der Waals surface area contributed by atoms with Gasteiger partial charge in [0.1, 0.15) is 0 Å². The van der Waals surface area contributed by atoms with Crippen LogP contribution in [0, 0.1) is 6.92 Å². The van der Waals surface area contributed by atoms with Crippen LogP contribution in [0.1, 0.15) is 23.6 Å². The van der Waals surface area contributed by atoms with Crippen LogP contribution >= 0.6 is 11.6 Å². The number of aryl methyl sites for hydroxylation is 1. The van der Waals surface area contributed by atoms with Crippen LogP contribution in [0.4, 0.5) is 0 Å². The van der Waals surface area contributed by atoms with Crippen LogP contribution < -0.4 is 9.47 Å². The average molecular weight is 347 g/mol. The molecule has 0 fully saturated rings. The summed E-state index contributed by atoms with van der Waals surface area (Å²) in [5, 5.41) is 10.1. The molecule has 0 spiro atoms. The van der Waals surface area contributed by atoms with Crippen LogP contribution in [0.25, 0.3) is 11.6 Å². The minimum absolute atomic E-state index is 0.156. The lowest BCUT2D eigenvalue weighted by molar-refractivity contribution is -0.130. The zero-order valence-electron chi connectivity index (χ0n) is 13.8. The Hall–Kier alpha value is -2.46. The van der Waals surface area contributed by atoms with Crippen molar-refractivity contribution >= 4 is 29.2 Å². The maximum atomic E-state index is 11.7. The van der Waals surface area contributed by atoms with E-state index in [2.05, 4.69) is 0 Å². The highest BCUT2D eigenvalue weighted by molar-refractivity contribution is 6.32. The number of hydrogen-bond donors (Lipinski definition) is 1. The Labute approximate surface area is 146 Å². The standard InChI is InChI=1S/C19H19ClO4/c1-4-24-17-8-6-13(10-18(17)23-3)9-15(19(21)22)14-7-5-12(2)16(20)11-14/h5-11H,4H2,1-3H3,(H,21,22)/b15-9-. The van der Waals surface area contributed by atoms with Gasteiger partial charge in [0.05, 0.1) is 19.3 Å². The fourth-order valence-corrected chi connectivity index (χ4v) is 2.42. The molecule has 2 rings (SSSR count). The Morgan fingerprint density at radius 2 is 1.96 bits per heavy atom. The smallest absolute Gasteiger partial charge is 0.336 e. The minimum Gasteiger partial charge on any atom is -0.493 e. The molecule has 0 atom stereocenters. The number of aliphatic carboxylic acids is 1. The number of methoxy groups -OCH3 is 1. The first-order valence-electron chi connectivity index (χ1n) is 7.48. The summed E-state index contributed by atoms with van der Waals surface area (Å²) < 4.78 is 10.8. The van der Waals surface area contributed by atoms with E-state index in [4.69, 9.17) is 21.1 Å². The van der Waals surface area contributed by atoms with Gasteiger partial charge in [-0.15, -0.1) is 0 Å². The molecule has 2 aromatic rings. The quantitative estimate of drug-likeness (QED) is 0.609. The van der Waals surface area contributed by atoms with Gasteiger partial charge in [0.2, 0.25) is 0 Å². The van der Waals surface area contributed by atoms with Gasteiger partial charge in [0.25, 0.3) is 0 Å². The number of halogens is 1. The molecule has 0 heterocycles. The van der Waals surface area contributed by atoms with Gasteiger partial charge >= 0.3 is 5.97 Å². The average Bonchev–Trinajstić information content (AvgIpc) is 2.56. The molecule has 0 saturated heterocycles. The van der Waals surface area contributed by atoms with E-state index in [9.17, 15) is 9.90 Å². The first-order valence-corrected chi connectivity index (χ1v) is 7.86. The molecule has 4 nitrogen and oxygen atoms in total. The molecule has 0 bridgehead atoms. The van der Waals surface area contributed by atoms with E-state index >= 15 is 0 Å². The predicted molar refractivity (Wildman–Crippen MR) is 95.9 cm³/mol. The van der Waals surface area contributed by atoms with Crippen molar-refractivity contribution in [1.29, 1.82) is 0 Å². The highest BCUT2D eigenvalue weighted by Crippen LogP contribution is 2.30. The third-order valence-electron chi connectivity index (χ3n) is 3.51. The summed E-state index contributed by atoms with van der Waals surface area (Å²) in [5.74, 6) is 0.146. The molecule has 126 valence electrons. The molecule has 0 aliphatic carbocycles. The molecule has 0 unspecified atom stereocenters. The summed E-state index contributed by atoms with van der Waals surface area (Å²) in [6, 6.07) is 10.5. The number of benzene rings is 2. The van der Waals surface area contributed by atoms with Crippen molar-refractivity contribution in [1.82, 2.24) is 0 Å². The topological polar surface area (TPSA) is 55.8 Å². The molecule has 0 aliphatic heterocycles. The minimum atomic E-state index is -1.03. The summed E-state index contributed by atoms with van der Waals surface area (Å²) in [4.78, 5) is 11.7. The largest absolute Gasteiger partial charge is 0.493 e. The number of carboxylic acids is 1. The van der Waals surface area contributed by atoms with Crippen LogP contribution in [-0.4, -0.2) is 24.8 Å².